The Kier molecular flexibility index (Phi) is 3.16. The van der Waals surface area contributed by atoms with Crippen LogP contribution in [0.2, 0.25) is 5.02 Å². The van der Waals surface area contributed by atoms with Crippen molar-refractivity contribution in [3.8, 4) is 0 Å². The third-order valence-corrected chi connectivity index (χ3v) is 3.17. The van der Waals surface area contributed by atoms with Gasteiger partial charge in [0.2, 0.25) is 0 Å². The van der Waals surface area contributed by atoms with Gasteiger partial charge in [0.05, 0.1) is 29.6 Å². The van der Waals surface area contributed by atoms with E-state index in [2.05, 4.69) is 5.10 Å². The van der Waals surface area contributed by atoms with Crippen molar-refractivity contribution in [2.75, 3.05) is 0 Å². The molecule has 0 saturated carbocycles. The predicted molar refractivity (Wildman–Crippen MR) is 57.5 cm³/mol. The van der Waals surface area contributed by atoms with E-state index in [4.69, 9.17) is 21.4 Å². The van der Waals surface area contributed by atoms with Crippen molar-refractivity contribution in [2.24, 2.45) is 0 Å². The highest BCUT2D eigenvalue weighted by Crippen LogP contribution is 2.22. The van der Waals surface area contributed by atoms with Crippen molar-refractivity contribution in [1.29, 1.82) is 0 Å². The smallest absolute Gasteiger partial charge is 0.332 e. The summed E-state index contributed by atoms with van der Waals surface area (Å²) in [5, 5.41) is 13.5. The molecule has 0 radical (unpaired) electrons. The van der Waals surface area contributed by atoms with Gasteiger partial charge in [-0.2, -0.15) is 5.10 Å². The van der Waals surface area contributed by atoms with E-state index < -0.39 is 12.1 Å². The first-order valence-electron chi connectivity index (χ1n) is 5.14. The van der Waals surface area contributed by atoms with Gasteiger partial charge in [-0.1, -0.05) is 11.6 Å². The molecule has 1 aliphatic rings. The number of hydrogen-bond acceptors (Lipinski definition) is 3. The van der Waals surface area contributed by atoms with Gasteiger partial charge in [0.15, 0.2) is 6.10 Å². The Balaban J connectivity index is 1.97. The zero-order valence-electron chi connectivity index (χ0n) is 8.89. The van der Waals surface area contributed by atoms with Crippen LogP contribution in [0.3, 0.4) is 0 Å². The molecule has 2 heterocycles. The number of nitrogens with zero attached hydrogens (tertiary/aromatic N) is 2. The molecule has 6 heteroatoms. The monoisotopic (exact) mass is 244 g/mol. The van der Waals surface area contributed by atoms with E-state index in [9.17, 15) is 4.79 Å². The summed E-state index contributed by atoms with van der Waals surface area (Å²) >= 11 is 5.88. The molecule has 0 spiro atoms. The number of carboxylic acids is 1. The minimum absolute atomic E-state index is 0.0873. The molecule has 0 aromatic carbocycles. The quantitative estimate of drug-likeness (QED) is 0.875. The van der Waals surface area contributed by atoms with Crippen molar-refractivity contribution < 1.29 is 14.6 Å². The molecular weight excluding hydrogens is 232 g/mol. The summed E-state index contributed by atoms with van der Waals surface area (Å²) in [6.07, 6.45) is 2.13. The molecule has 0 amide bonds. The summed E-state index contributed by atoms with van der Waals surface area (Å²) in [5.41, 5.74) is 0.879. The highest BCUT2D eigenvalue weighted by atomic mass is 35.5. The third-order valence-electron chi connectivity index (χ3n) is 2.80. The molecule has 0 aliphatic carbocycles. The van der Waals surface area contributed by atoms with Crippen LogP contribution in [0, 0.1) is 6.92 Å². The molecule has 2 unspecified atom stereocenters. The van der Waals surface area contributed by atoms with Crippen LogP contribution >= 0.6 is 11.6 Å². The van der Waals surface area contributed by atoms with Crippen LogP contribution in [0.4, 0.5) is 0 Å². The van der Waals surface area contributed by atoms with Crippen LogP contribution in [-0.4, -0.2) is 33.1 Å². The average molecular weight is 245 g/mol. The molecule has 1 saturated heterocycles. The van der Waals surface area contributed by atoms with Gasteiger partial charge in [0, 0.05) is 0 Å². The summed E-state index contributed by atoms with van der Waals surface area (Å²) in [7, 11) is 0. The van der Waals surface area contributed by atoms with Crippen molar-refractivity contribution >= 4 is 17.6 Å². The third kappa shape index (κ3) is 2.20. The Morgan fingerprint density at radius 1 is 1.75 bits per heavy atom. The molecule has 1 aromatic heterocycles. The summed E-state index contributed by atoms with van der Waals surface area (Å²) in [5.74, 6) is -0.891. The van der Waals surface area contributed by atoms with Crippen molar-refractivity contribution in [3.05, 3.63) is 16.9 Å². The Morgan fingerprint density at radius 3 is 3.00 bits per heavy atom. The SMILES string of the molecule is Cc1c(Cl)cnn1CC1CCC(C(=O)O)O1. The first-order valence-corrected chi connectivity index (χ1v) is 5.52. The first kappa shape index (κ1) is 11.4. The normalized spacial score (nSPS) is 24.9. The molecule has 1 fully saturated rings. The molecule has 0 bridgehead atoms. The topological polar surface area (TPSA) is 64.4 Å². The van der Waals surface area contributed by atoms with Gasteiger partial charge < -0.3 is 9.84 Å². The molecule has 1 N–H and O–H groups in total. The van der Waals surface area contributed by atoms with Crippen molar-refractivity contribution in [3.63, 3.8) is 0 Å². The second kappa shape index (κ2) is 4.43. The van der Waals surface area contributed by atoms with Gasteiger partial charge >= 0.3 is 5.97 Å². The lowest BCUT2D eigenvalue weighted by atomic mass is 10.2. The fourth-order valence-corrected chi connectivity index (χ4v) is 1.96. The fourth-order valence-electron chi connectivity index (χ4n) is 1.82. The molecular formula is C10H13ClN2O3. The number of halogens is 1. The highest BCUT2D eigenvalue weighted by molar-refractivity contribution is 6.31. The minimum atomic E-state index is -0.891. The van der Waals surface area contributed by atoms with Crippen LogP contribution in [0.5, 0.6) is 0 Å². The standard InChI is InChI=1S/C10H13ClN2O3/c1-6-8(11)4-12-13(6)5-7-2-3-9(16-7)10(14)15/h4,7,9H,2-3,5H2,1H3,(H,14,15). The predicted octanol–water partition coefficient (Wildman–Crippen LogP) is 1.48. The molecule has 2 atom stereocenters. The van der Waals surface area contributed by atoms with Crippen molar-refractivity contribution in [1.82, 2.24) is 9.78 Å². The summed E-state index contributed by atoms with van der Waals surface area (Å²) in [4.78, 5) is 10.7. The van der Waals surface area contributed by atoms with E-state index in [1.807, 2.05) is 6.92 Å². The zero-order valence-corrected chi connectivity index (χ0v) is 9.65. The lowest BCUT2D eigenvalue weighted by Gasteiger charge is -2.12. The van der Waals surface area contributed by atoms with E-state index in [0.29, 0.717) is 18.0 Å². The number of ether oxygens (including phenoxy) is 1. The van der Waals surface area contributed by atoms with Crippen LogP contribution in [0.15, 0.2) is 6.20 Å². The number of aromatic nitrogens is 2. The Hall–Kier alpha value is -1.07. The van der Waals surface area contributed by atoms with E-state index in [-0.39, 0.29) is 6.10 Å². The number of carboxylic acid groups (broad SMARTS) is 1. The Labute approximate surface area is 98.0 Å². The summed E-state index contributed by atoms with van der Waals surface area (Å²) < 4.78 is 7.13. The second-order valence-corrected chi connectivity index (χ2v) is 4.33. The van der Waals surface area contributed by atoms with E-state index >= 15 is 0 Å². The van der Waals surface area contributed by atoms with Crippen LogP contribution in [-0.2, 0) is 16.1 Å². The van der Waals surface area contributed by atoms with Gasteiger partial charge in [0.1, 0.15) is 0 Å². The van der Waals surface area contributed by atoms with Gasteiger partial charge in [-0.25, -0.2) is 4.79 Å². The number of carbonyl (C=O) groups is 1. The van der Waals surface area contributed by atoms with Crippen LogP contribution in [0.1, 0.15) is 18.5 Å². The zero-order chi connectivity index (χ0) is 11.7. The minimum Gasteiger partial charge on any atom is -0.479 e. The largest absolute Gasteiger partial charge is 0.479 e. The van der Waals surface area contributed by atoms with Gasteiger partial charge in [-0.3, -0.25) is 4.68 Å². The lowest BCUT2D eigenvalue weighted by molar-refractivity contribution is -0.149. The maximum absolute atomic E-state index is 10.7. The molecule has 1 aromatic rings. The molecule has 2 rings (SSSR count). The molecule has 5 nitrogen and oxygen atoms in total. The maximum Gasteiger partial charge on any atom is 0.332 e. The summed E-state index contributed by atoms with van der Waals surface area (Å²) in [6.45, 7) is 2.43. The number of rotatable bonds is 3. The van der Waals surface area contributed by atoms with Crippen molar-refractivity contribution in [2.45, 2.75) is 38.5 Å². The van der Waals surface area contributed by atoms with Crippen LogP contribution < -0.4 is 0 Å². The number of hydrogen-bond donors (Lipinski definition) is 1. The lowest BCUT2D eigenvalue weighted by Crippen LogP contribution is -2.23. The fraction of sp³-hybridized carbons (Fsp3) is 0.600. The molecule has 1 aliphatic heterocycles. The maximum atomic E-state index is 10.7. The first-order chi connectivity index (χ1) is 7.58. The van der Waals surface area contributed by atoms with Crippen LogP contribution in [0.25, 0.3) is 0 Å². The van der Waals surface area contributed by atoms with Gasteiger partial charge in [0.25, 0.3) is 0 Å². The second-order valence-electron chi connectivity index (χ2n) is 3.92. The molecule has 16 heavy (non-hydrogen) atoms. The van der Waals surface area contributed by atoms with E-state index in [0.717, 1.165) is 12.1 Å². The van der Waals surface area contributed by atoms with Gasteiger partial charge in [-0.05, 0) is 19.8 Å². The molecule has 88 valence electrons. The Bertz CT molecular complexity index is 405. The average Bonchev–Trinajstić information content (AvgIpc) is 2.81. The summed E-state index contributed by atoms with van der Waals surface area (Å²) in [6, 6.07) is 0. The Morgan fingerprint density at radius 2 is 2.50 bits per heavy atom. The van der Waals surface area contributed by atoms with Gasteiger partial charge in [-0.15, -0.1) is 0 Å². The number of aliphatic carboxylic acids is 1. The van der Waals surface area contributed by atoms with E-state index in [1.165, 1.54) is 0 Å². The van der Waals surface area contributed by atoms with E-state index in [1.54, 1.807) is 10.9 Å². The highest BCUT2D eigenvalue weighted by Gasteiger charge is 2.30.